The maximum atomic E-state index is 12.0. The normalized spacial score (nSPS) is 16.6. The minimum absolute atomic E-state index is 0.222. The molecule has 1 amide bonds. The summed E-state index contributed by atoms with van der Waals surface area (Å²) in [5.41, 5.74) is 0.0552. The van der Waals surface area contributed by atoms with Crippen LogP contribution in [0.25, 0.3) is 0 Å². The highest BCUT2D eigenvalue weighted by molar-refractivity contribution is 5.91. The Kier molecular flexibility index (Phi) is 6.09. The largest absolute Gasteiger partial charge is 0.383 e. The molecule has 0 atom stereocenters. The Morgan fingerprint density at radius 3 is 2.77 bits per heavy atom. The highest BCUT2D eigenvalue weighted by atomic mass is 16.5. The summed E-state index contributed by atoms with van der Waals surface area (Å²) in [6.07, 6.45) is 2.15. The molecule has 1 aromatic rings. The molecule has 0 aliphatic carbocycles. The molecule has 7 heteroatoms. The van der Waals surface area contributed by atoms with Crippen molar-refractivity contribution in [2.75, 3.05) is 39.9 Å². The van der Waals surface area contributed by atoms with Crippen LogP contribution in [0.1, 0.15) is 23.3 Å². The van der Waals surface area contributed by atoms with Gasteiger partial charge >= 0.3 is 0 Å². The quantitative estimate of drug-likeness (QED) is 0.792. The molecule has 1 N–H and O–H groups in total. The third kappa shape index (κ3) is 4.64. The van der Waals surface area contributed by atoms with Gasteiger partial charge in [0.2, 0.25) is 0 Å². The number of likely N-dealkylation sites (tertiary alicyclic amines) is 1. The first-order valence-corrected chi connectivity index (χ1v) is 7.64. The van der Waals surface area contributed by atoms with E-state index >= 15 is 0 Å². The van der Waals surface area contributed by atoms with Crippen molar-refractivity contribution in [2.45, 2.75) is 12.8 Å². The van der Waals surface area contributed by atoms with E-state index in [2.05, 4.69) is 15.3 Å². The number of hydrogen-bond donors (Lipinski definition) is 1. The van der Waals surface area contributed by atoms with Gasteiger partial charge in [-0.15, -0.1) is 0 Å². The number of nitrogens with zero attached hydrogens (tertiary/aromatic N) is 3. The van der Waals surface area contributed by atoms with E-state index in [0.717, 1.165) is 39.1 Å². The third-order valence-electron chi connectivity index (χ3n) is 4.06. The monoisotopic (exact) mass is 308 g/mol. The number of aryl methyl sites for hydroxylation is 1. The molecule has 1 aliphatic rings. The maximum Gasteiger partial charge on any atom is 0.271 e. The second-order valence-corrected chi connectivity index (χ2v) is 5.67. The van der Waals surface area contributed by atoms with Crippen molar-refractivity contribution in [1.82, 2.24) is 20.0 Å². The van der Waals surface area contributed by atoms with E-state index in [-0.39, 0.29) is 17.2 Å². The predicted molar refractivity (Wildman–Crippen MR) is 82.9 cm³/mol. The van der Waals surface area contributed by atoms with Crippen molar-refractivity contribution in [3.8, 4) is 0 Å². The van der Waals surface area contributed by atoms with Crippen LogP contribution >= 0.6 is 0 Å². The summed E-state index contributed by atoms with van der Waals surface area (Å²) in [4.78, 5) is 25.7. The zero-order valence-corrected chi connectivity index (χ0v) is 13.2. The minimum Gasteiger partial charge on any atom is -0.383 e. The Balaban J connectivity index is 1.75. The summed E-state index contributed by atoms with van der Waals surface area (Å²) in [6, 6.07) is 2.82. The standard InChI is InChI=1S/C15H24N4O3/c1-18-14(20)4-3-13(17-18)15(21)16-11-12-5-7-19(8-6-12)9-10-22-2/h3-4,12H,5-11H2,1-2H3,(H,16,21). The lowest BCUT2D eigenvalue weighted by molar-refractivity contribution is 0.0919. The van der Waals surface area contributed by atoms with Gasteiger partial charge in [0, 0.05) is 33.3 Å². The van der Waals surface area contributed by atoms with E-state index in [9.17, 15) is 9.59 Å². The average molecular weight is 308 g/mol. The second kappa shape index (κ2) is 8.05. The Hall–Kier alpha value is -1.73. The molecular formula is C15H24N4O3. The molecule has 2 rings (SSSR count). The fourth-order valence-electron chi connectivity index (χ4n) is 2.59. The van der Waals surface area contributed by atoms with E-state index in [1.54, 1.807) is 7.11 Å². The molecule has 0 bridgehead atoms. The molecule has 1 saturated heterocycles. The van der Waals surface area contributed by atoms with Crippen LogP contribution in [0, 0.1) is 5.92 Å². The van der Waals surface area contributed by atoms with Gasteiger partial charge in [0.25, 0.3) is 11.5 Å². The van der Waals surface area contributed by atoms with Gasteiger partial charge in [0.1, 0.15) is 5.69 Å². The Morgan fingerprint density at radius 1 is 1.41 bits per heavy atom. The van der Waals surface area contributed by atoms with E-state index in [4.69, 9.17) is 4.74 Å². The molecule has 1 aliphatic heterocycles. The molecule has 122 valence electrons. The lowest BCUT2D eigenvalue weighted by Crippen LogP contribution is -2.40. The first kappa shape index (κ1) is 16.6. The first-order valence-electron chi connectivity index (χ1n) is 7.64. The molecule has 2 heterocycles. The molecule has 0 spiro atoms. The van der Waals surface area contributed by atoms with Crippen LogP contribution in [-0.2, 0) is 11.8 Å². The fraction of sp³-hybridized carbons (Fsp3) is 0.667. The third-order valence-corrected chi connectivity index (χ3v) is 4.06. The number of aromatic nitrogens is 2. The van der Waals surface area contributed by atoms with Crippen molar-refractivity contribution in [1.29, 1.82) is 0 Å². The van der Waals surface area contributed by atoms with Crippen molar-refractivity contribution in [3.63, 3.8) is 0 Å². The first-order chi connectivity index (χ1) is 10.6. The zero-order chi connectivity index (χ0) is 15.9. The Labute approximate surface area is 130 Å². The number of piperidine rings is 1. The minimum atomic E-state index is -0.225. The predicted octanol–water partition coefficient (Wildman–Crippen LogP) is -0.131. The molecule has 1 fully saturated rings. The number of ether oxygens (including phenoxy) is 1. The van der Waals surface area contributed by atoms with Gasteiger partial charge in [-0.1, -0.05) is 0 Å². The summed E-state index contributed by atoms with van der Waals surface area (Å²) >= 11 is 0. The SMILES string of the molecule is COCCN1CCC(CNC(=O)c2ccc(=O)n(C)n2)CC1. The van der Waals surface area contributed by atoms with Gasteiger partial charge in [-0.05, 0) is 37.9 Å². The summed E-state index contributed by atoms with van der Waals surface area (Å²) in [5.74, 6) is 0.271. The van der Waals surface area contributed by atoms with Crippen LogP contribution in [0.4, 0.5) is 0 Å². The smallest absolute Gasteiger partial charge is 0.271 e. The average Bonchev–Trinajstić information content (AvgIpc) is 2.54. The van der Waals surface area contributed by atoms with Crippen LogP contribution < -0.4 is 10.9 Å². The van der Waals surface area contributed by atoms with Crippen molar-refractivity contribution >= 4 is 5.91 Å². The van der Waals surface area contributed by atoms with Gasteiger partial charge in [0.15, 0.2) is 0 Å². The number of methoxy groups -OCH3 is 1. The number of carbonyl (C=O) groups excluding carboxylic acids is 1. The van der Waals surface area contributed by atoms with Crippen molar-refractivity contribution < 1.29 is 9.53 Å². The van der Waals surface area contributed by atoms with Crippen LogP contribution in [0.2, 0.25) is 0 Å². The number of hydrogen-bond acceptors (Lipinski definition) is 5. The highest BCUT2D eigenvalue weighted by Crippen LogP contribution is 2.16. The van der Waals surface area contributed by atoms with E-state index in [0.29, 0.717) is 12.5 Å². The van der Waals surface area contributed by atoms with Gasteiger partial charge < -0.3 is 15.0 Å². The molecule has 0 saturated carbocycles. The zero-order valence-electron chi connectivity index (χ0n) is 13.2. The number of nitrogens with one attached hydrogen (secondary N) is 1. The number of carbonyl (C=O) groups is 1. The molecule has 0 aromatic carbocycles. The van der Waals surface area contributed by atoms with E-state index in [1.165, 1.54) is 23.9 Å². The lowest BCUT2D eigenvalue weighted by atomic mass is 9.97. The Morgan fingerprint density at radius 2 is 2.14 bits per heavy atom. The molecule has 0 unspecified atom stereocenters. The summed E-state index contributed by atoms with van der Waals surface area (Å²) in [5, 5.41) is 6.87. The summed E-state index contributed by atoms with van der Waals surface area (Å²) in [7, 11) is 3.25. The van der Waals surface area contributed by atoms with Crippen molar-refractivity contribution in [3.05, 3.63) is 28.2 Å². The van der Waals surface area contributed by atoms with Gasteiger partial charge in [-0.3, -0.25) is 9.59 Å². The number of amides is 1. The van der Waals surface area contributed by atoms with Crippen LogP contribution in [0.15, 0.2) is 16.9 Å². The van der Waals surface area contributed by atoms with E-state index < -0.39 is 0 Å². The molecule has 0 radical (unpaired) electrons. The van der Waals surface area contributed by atoms with Crippen LogP contribution in [0.3, 0.4) is 0 Å². The molecule has 22 heavy (non-hydrogen) atoms. The second-order valence-electron chi connectivity index (χ2n) is 5.67. The van der Waals surface area contributed by atoms with Crippen LogP contribution in [0.5, 0.6) is 0 Å². The maximum absolute atomic E-state index is 12.0. The highest BCUT2D eigenvalue weighted by Gasteiger charge is 2.19. The Bertz CT molecular complexity index is 550. The van der Waals surface area contributed by atoms with Gasteiger partial charge in [-0.25, -0.2) is 4.68 Å². The summed E-state index contributed by atoms with van der Waals surface area (Å²) in [6.45, 7) is 4.47. The molecule has 7 nitrogen and oxygen atoms in total. The lowest BCUT2D eigenvalue weighted by Gasteiger charge is -2.31. The molecular weight excluding hydrogens is 284 g/mol. The van der Waals surface area contributed by atoms with Gasteiger partial charge in [0.05, 0.1) is 6.61 Å². The topological polar surface area (TPSA) is 76.5 Å². The van der Waals surface area contributed by atoms with E-state index in [1.807, 2.05) is 0 Å². The number of rotatable bonds is 6. The molecule has 1 aromatic heterocycles. The van der Waals surface area contributed by atoms with Gasteiger partial charge in [-0.2, -0.15) is 5.10 Å². The summed E-state index contributed by atoms with van der Waals surface area (Å²) < 4.78 is 6.26. The van der Waals surface area contributed by atoms with Crippen molar-refractivity contribution in [2.24, 2.45) is 13.0 Å². The van der Waals surface area contributed by atoms with Crippen LogP contribution in [-0.4, -0.2) is 60.5 Å². The fourth-order valence-corrected chi connectivity index (χ4v) is 2.59.